The predicted molar refractivity (Wildman–Crippen MR) is 56.5 cm³/mol. The van der Waals surface area contributed by atoms with Crippen molar-refractivity contribution >= 4 is 17.6 Å². The van der Waals surface area contributed by atoms with E-state index in [9.17, 15) is 4.79 Å². The van der Waals surface area contributed by atoms with Crippen LogP contribution in [0.4, 0.5) is 0 Å². The zero-order chi connectivity index (χ0) is 11.4. The van der Waals surface area contributed by atoms with Crippen molar-refractivity contribution in [2.75, 3.05) is 6.61 Å². The number of carboxylic acids is 1. The van der Waals surface area contributed by atoms with Crippen LogP contribution < -0.4 is 4.74 Å². The van der Waals surface area contributed by atoms with Crippen LogP contribution in [0.25, 0.3) is 0 Å². The summed E-state index contributed by atoms with van der Waals surface area (Å²) in [6.45, 7) is 4.48. The Morgan fingerprint density at radius 2 is 2.33 bits per heavy atom. The molecule has 0 radical (unpaired) electrons. The summed E-state index contributed by atoms with van der Waals surface area (Å²) in [6.07, 6.45) is 1.28. The molecule has 1 aromatic heterocycles. The lowest BCUT2D eigenvalue weighted by atomic mass is 10.2. The molecule has 0 aliphatic heterocycles. The quantitative estimate of drug-likeness (QED) is 0.862. The summed E-state index contributed by atoms with van der Waals surface area (Å²) in [4.78, 5) is 14.6. The molecule has 0 saturated heterocycles. The van der Waals surface area contributed by atoms with Gasteiger partial charge in [0.15, 0.2) is 0 Å². The van der Waals surface area contributed by atoms with Gasteiger partial charge in [-0.3, -0.25) is 0 Å². The Morgan fingerprint density at radius 3 is 2.87 bits per heavy atom. The molecule has 1 N–H and O–H groups in total. The van der Waals surface area contributed by atoms with Gasteiger partial charge in [0, 0.05) is 6.07 Å². The van der Waals surface area contributed by atoms with Gasteiger partial charge in [0.25, 0.3) is 0 Å². The molecule has 1 rings (SSSR count). The number of carboxylic acid groups (broad SMARTS) is 1. The van der Waals surface area contributed by atoms with Crippen molar-refractivity contribution in [1.29, 1.82) is 0 Å². The average Bonchev–Trinajstić information content (AvgIpc) is 2.16. The fourth-order valence-corrected chi connectivity index (χ4v) is 1.10. The maximum absolute atomic E-state index is 10.7. The van der Waals surface area contributed by atoms with Crippen LogP contribution in [-0.4, -0.2) is 22.7 Å². The third-order valence-electron chi connectivity index (χ3n) is 1.63. The maximum atomic E-state index is 10.7. The van der Waals surface area contributed by atoms with Crippen molar-refractivity contribution in [3.8, 4) is 5.88 Å². The number of nitrogens with zero attached hydrogens (tertiary/aromatic N) is 1. The van der Waals surface area contributed by atoms with Gasteiger partial charge in [-0.1, -0.05) is 25.4 Å². The summed E-state index contributed by atoms with van der Waals surface area (Å²) < 4.78 is 5.28. The third kappa shape index (κ3) is 3.40. The number of carbonyl (C=O) groups is 1. The molecule has 4 nitrogen and oxygen atoms in total. The first-order chi connectivity index (χ1) is 7.00. The molecule has 0 aliphatic rings. The molecular formula is C10H12ClNO3. The third-order valence-corrected chi connectivity index (χ3v) is 1.93. The Bertz CT molecular complexity index is 366. The summed E-state index contributed by atoms with van der Waals surface area (Å²) in [5.41, 5.74) is 0.00502. The van der Waals surface area contributed by atoms with E-state index >= 15 is 0 Å². The topological polar surface area (TPSA) is 59.4 Å². The van der Waals surface area contributed by atoms with Gasteiger partial charge in [0.1, 0.15) is 0 Å². The van der Waals surface area contributed by atoms with Crippen LogP contribution in [0, 0.1) is 5.92 Å². The van der Waals surface area contributed by atoms with Crippen molar-refractivity contribution in [2.24, 2.45) is 5.92 Å². The number of hydrogen-bond acceptors (Lipinski definition) is 3. The lowest BCUT2D eigenvalue weighted by Gasteiger charge is -2.08. The molecule has 1 aromatic rings. The normalized spacial score (nSPS) is 10.4. The number of halogens is 1. The molecule has 0 unspecified atom stereocenters. The SMILES string of the molecule is CC(C)COc1cc(C(=O)O)c(Cl)cn1. The average molecular weight is 230 g/mol. The fraction of sp³-hybridized carbons (Fsp3) is 0.400. The Kier molecular flexibility index (Phi) is 3.91. The Hall–Kier alpha value is -1.29. The Morgan fingerprint density at radius 1 is 1.67 bits per heavy atom. The minimum Gasteiger partial charge on any atom is -0.478 e. The molecule has 0 saturated carbocycles. The van der Waals surface area contributed by atoms with Gasteiger partial charge >= 0.3 is 5.97 Å². The lowest BCUT2D eigenvalue weighted by molar-refractivity contribution is 0.0696. The van der Waals surface area contributed by atoms with E-state index in [1.807, 2.05) is 13.8 Å². The number of aromatic nitrogens is 1. The summed E-state index contributed by atoms with van der Waals surface area (Å²) in [6, 6.07) is 1.33. The molecule has 82 valence electrons. The Balaban J connectivity index is 2.83. The lowest BCUT2D eigenvalue weighted by Crippen LogP contribution is -2.07. The summed E-state index contributed by atoms with van der Waals surface area (Å²) in [7, 11) is 0. The van der Waals surface area contributed by atoms with Gasteiger partial charge in [-0.15, -0.1) is 0 Å². The van der Waals surface area contributed by atoms with Crippen molar-refractivity contribution in [3.63, 3.8) is 0 Å². The highest BCUT2D eigenvalue weighted by molar-refractivity contribution is 6.33. The number of rotatable bonds is 4. The molecule has 15 heavy (non-hydrogen) atoms. The van der Waals surface area contributed by atoms with E-state index in [2.05, 4.69) is 4.98 Å². The van der Waals surface area contributed by atoms with Crippen LogP contribution in [0.1, 0.15) is 24.2 Å². The second kappa shape index (κ2) is 4.98. The molecule has 0 amide bonds. The number of pyridine rings is 1. The van der Waals surface area contributed by atoms with Gasteiger partial charge in [-0.25, -0.2) is 9.78 Å². The zero-order valence-corrected chi connectivity index (χ0v) is 9.28. The molecule has 0 aliphatic carbocycles. The monoisotopic (exact) mass is 229 g/mol. The minimum absolute atomic E-state index is 0.00502. The Labute approximate surface area is 92.8 Å². The van der Waals surface area contributed by atoms with Gasteiger partial charge in [0.2, 0.25) is 5.88 Å². The zero-order valence-electron chi connectivity index (χ0n) is 8.53. The highest BCUT2D eigenvalue weighted by atomic mass is 35.5. The van der Waals surface area contributed by atoms with Crippen LogP contribution in [0.5, 0.6) is 5.88 Å². The smallest absolute Gasteiger partial charge is 0.337 e. The predicted octanol–water partition coefficient (Wildman–Crippen LogP) is 2.47. The van der Waals surface area contributed by atoms with Crippen molar-refractivity contribution in [3.05, 3.63) is 22.8 Å². The largest absolute Gasteiger partial charge is 0.478 e. The minimum atomic E-state index is -1.09. The van der Waals surface area contributed by atoms with Gasteiger partial charge < -0.3 is 9.84 Å². The first-order valence-electron chi connectivity index (χ1n) is 4.52. The van der Waals surface area contributed by atoms with Gasteiger partial charge in [-0.2, -0.15) is 0 Å². The number of ether oxygens (including phenoxy) is 1. The van der Waals surface area contributed by atoms with E-state index in [1.165, 1.54) is 12.3 Å². The van der Waals surface area contributed by atoms with E-state index < -0.39 is 5.97 Å². The number of hydrogen-bond donors (Lipinski definition) is 1. The molecule has 0 fully saturated rings. The van der Waals surface area contributed by atoms with Crippen LogP contribution in [-0.2, 0) is 0 Å². The first kappa shape index (κ1) is 11.8. The highest BCUT2D eigenvalue weighted by Gasteiger charge is 2.11. The second-order valence-electron chi connectivity index (χ2n) is 3.51. The van der Waals surface area contributed by atoms with Gasteiger partial charge in [-0.05, 0) is 5.92 Å². The standard InChI is InChI=1S/C10H12ClNO3/c1-6(2)5-15-9-3-7(10(13)14)8(11)4-12-9/h3-4,6H,5H2,1-2H3,(H,13,14). The van der Waals surface area contributed by atoms with Crippen LogP contribution in [0.2, 0.25) is 5.02 Å². The summed E-state index contributed by atoms with van der Waals surface area (Å²) in [5, 5.41) is 8.91. The summed E-state index contributed by atoms with van der Waals surface area (Å²) >= 11 is 5.66. The molecule has 0 atom stereocenters. The van der Waals surface area contributed by atoms with Crippen molar-refractivity contribution in [1.82, 2.24) is 4.98 Å². The van der Waals surface area contributed by atoms with E-state index in [0.717, 1.165) is 0 Å². The van der Waals surface area contributed by atoms with E-state index in [1.54, 1.807) is 0 Å². The van der Waals surface area contributed by atoms with Gasteiger partial charge in [0.05, 0.1) is 23.4 Å². The van der Waals surface area contributed by atoms with Crippen LogP contribution in [0.3, 0.4) is 0 Å². The highest BCUT2D eigenvalue weighted by Crippen LogP contribution is 2.19. The molecular weight excluding hydrogens is 218 g/mol. The molecule has 1 heterocycles. The fourth-order valence-electron chi connectivity index (χ4n) is 0.914. The van der Waals surface area contributed by atoms with E-state index in [0.29, 0.717) is 12.5 Å². The molecule has 0 spiro atoms. The second-order valence-corrected chi connectivity index (χ2v) is 3.92. The van der Waals surface area contributed by atoms with E-state index in [-0.39, 0.29) is 16.5 Å². The summed E-state index contributed by atoms with van der Waals surface area (Å²) in [5.74, 6) is -0.446. The molecule has 5 heteroatoms. The first-order valence-corrected chi connectivity index (χ1v) is 4.90. The van der Waals surface area contributed by atoms with Crippen LogP contribution in [0.15, 0.2) is 12.3 Å². The number of aromatic carboxylic acids is 1. The van der Waals surface area contributed by atoms with Crippen LogP contribution >= 0.6 is 11.6 Å². The van der Waals surface area contributed by atoms with Crippen molar-refractivity contribution < 1.29 is 14.6 Å². The van der Waals surface area contributed by atoms with E-state index in [4.69, 9.17) is 21.4 Å². The molecule has 0 bridgehead atoms. The van der Waals surface area contributed by atoms with Crippen molar-refractivity contribution in [2.45, 2.75) is 13.8 Å². The molecule has 0 aromatic carbocycles. The maximum Gasteiger partial charge on any atom is 0.337 e.